The molecule has 0 aromatic heterocycles. The van der Waals surface area contributed by atoms with E-state index in [1.807, 2.05) is 24.3 Å². The van der Waals surface area contributed by atoms with Crippen molar-refractivity contribution in [3.05, 3.63) is 95.1 Å². The number of aliphatic hydroxyl groups is 6. The predicted octanol–water partition coefficient (Wildman–Crippen LogP) is 10.6. The van der Waals surface area contributed by atoms with Crippen LogP contribution in [0.4, 0.5) is 0 Å². The van der Waals surface area contributed by atoms with Gasteiger partial charge in [0.2, 0.25) is 0 Å². The van der Waals surface area contributed by atoms with Crippen LogP contribution in [0.2, 0.25) is 0 Å². The molecule has 4 rings (SSSR count). The van der Waals surface area contributed by atoms with Crippen LogP contribution in [0, 0.1) is 0 Å². The number of aldehydes is 2. The Labute approximate surface area is 361 Å². The Morgan fingerprint density at radius 1 is 0.400 bits per heavy atom. The Bertz CT molecular complexity index is 1580. The van der Waals surface area contributed by atoms with Crippen LogP contribution in [0.25, 0.3) is 21.5 Å². The molecule has 0 heterocycles. The predicted molar refractivity (Wildman–Crippen MR) is 248 cm³/mol. The number of hydrogen-bond acceptors (Lipinski definition) is 8. The van der Waals surface area contributed by atoms with Crippen LogP contribution < -0.4 is 0 Å². The van der Waals surface area contributed by atoms with Crippen LogP contribution in [-0.4, -0.2) is 80.8 Å². The second-order valence-electron chi connectivity index (χ2n) is 16.3. The monoisotopic (exact) mass is 831 g/mol. The summed E-state index contributed by atoms with van der Waals surface area (Å²) < 4.78 is 0. The lowest BCUT2D eigenvalue weighted by Gasteiger charge is -2.24. The van der Waals surface area contributed by atoms with Crippen LogP contribution >= 0.6 is 0 Å². The molecule has 4 aromatic rings. The number of fused-ring (bicyclic) bond motifs is 2. The van der Waals surface area contributed by atoms with E-state index in [4.69, 9.17) is 30.6 Å². The number of unbranched alkanes of at least 4 members (excludes halogenated alkanes) is 18. The zero-order valence-corrected chi connectivity index (χ0v) is 36.9. The maximum Gasteiger partial charge on any atom is 0.150 e. The molecule has 8 heteroatoms. The number of carbonyl (C=O) groups excluding carboxylic acids is 2. The number of benzene rings is 4. The van der Waals surface area contributed by atoms with Crippen LogP contribution in [0.1, 0.15) is 174 Å². The molecule has 0 fully saturated rings. The van der Waals surface area contributed by atoms with Gasteiger partial charge in [-0.05, 0) is 58.4 Å². The van der Waals surface area contributed by atoms with Gasteiger partial charge in [-0.1, -0.05) is 202 Å². The molecule has 4 unspecified atom stereocenters. The third kappa shape index (κ3) is 19.9. The van der Waals surface area contributed by atoms with E-state index < -0.39 is 37.6 Å². The normalized spacial score (nSPS) is 13.1. The summed E-state index contributed by atoms with van der Waals surface area (Å²) in [6, 6.07) is 24.8. The van der Waals surface area contributed by atoms with Crippen molar-refractivity contribution in [2.75, 3.05) is 13.2 Å². The minimum atomic E-state index is -1.67. The first-order chi connectivity index (χ1) is 29.3. The van der Waals surface area contributed by atoms with Gasteiger partial charge < -0.3 is 30.6 Å². The zero-order valence-electron chi connectivity index (χ0n) is 36.9. The summed E-state index contributed by atoms with van der Waals surface area (Å²) in [6.45, 7) is 3.10. The highest BCUT2D eigenvalue weighted by Gasteiger charge is 2.29. The number of aryl methyl sites for hydroxylation is 2. The molecular weight excluding hydrogens is 753 g/mol. The first-order valence-corrected chi connectivity index (χ1v) is 23.1. The van der Waals surface area contributed by atoms with Crippen molar-refractivity contribution in [1.29, 1.82) is 0 Å². The summed E-state index contributed by atoms with van der Waals surface area (Å²) in [7, 11) is 0. The van der Waals surface area contributed by atoms with Crippen LogP contribution in [0.15, 0.2) is 72.8 Å². The lowest BCUT2D eigenvalue weighted by Crippen LogP contribution is -2.46. The van der Waals surface area contributed by atoms with Gasteiger partial charge in [-0.25, -0.2) is 0 Å². The van der Waals surface area contributed by atoms with Gasteiger partial charge >= 0.3 is 0 Å². The van der Waals surface area contributed by atoms with E-state index in [-0.39, 0.29) is 0 Å². The van der Waals surface area contributed by atoms with Crippen LogP contribution in [-0.2, 0) is 12.8 Å². The Morgan fingerprint density at radius 2 is 0.683 bits per heavy atom. The summed E-state index contributed by atoms with van der Waals surface area (Å²) in [6.07, 6.45) is 25.2. The van der Waals surface area contributed by atoms with Gasteiger partial charge in [0.15, 0.2) is 12.6 Å². The molecule has 6 N–H and O–H groups in total. The molecule has 4 aromatic carbocycles. The van der Waals surface area contributed by atoms with Gasteiger partial charge in [0, 0.05) is 11.1 Å². The molecule has 334 valence electrons. The number of carbonyl (C=O) groups is 2. The molecule has 0 amide bonds. The summed E-state index contributed by atoms with van der Waals surface area (Å²) in [5.41, 5.74) is 4.38. The lowest BCUT2D eigenvalue weighted by atomic mass is 9.96. The van der Waals surface area contributed by atoms with Gasteiger partial charge in [0.05, 0.1) is 13.2 Å². The first-order valence-electron chi connectivity index (χ1n) is 23.1. The molecule has 0 spiro atoms. The molecule has 0 aliphatic heterocycles. The Hall–Kier alpha value is -3.50. The van der Waals surface area contributed by atoms with Crippen molar-refractivity contribution in [3.63, 3.8) is 0 Å². The molecule has 60 heavy (non-hydrogen) atoms. The molecule has 0 aliphatic rings. The number of hydrogen-bond donors (Lipinski definition) is 6. The maximum absolute atomic E-state index is 11.2. The molecule has 8 nitrogen and oxygen atoms in total. The Morgan fingerprint density at radius 3 is 0.967 bits per heavy atom. The zero-order chi connectivity index (χ0) is 43.8. The fourth-order valence-electron chi connectivity index (χ4n) is 7.69. The molecule has 0 aliphatic carbocycles. The minimum absolute atomic E-state index is 0.726. The van der Waals surface area contributed by atoms with Crippen molar-refractivity contribution < 1.29 is 40.2 Å². The van der Waals surface area contributed by atoms with Crippen molar-refractivity contribution in [1.82, 2.24) is 0 Å². The second kappa shape index (κ2) is 33.2. The molecule has 0 bridgehead atoms. The van der Waals surface area contributed by atoms with Gasteiger partial charge in [-0.15, -0.1) is 0 Å². The van der Waals surface area contributed by atoms with Gasteiger partial charge in [0.25, 0.3) is 0 Å². The van der Waals surface area contributed by atoms with Gasteiger partial charge in [-0.2, -0.15) is 0 Å². The van der Waals surface area contributed by atoms with E-state index in [2.05, 4.69) is 62.4 Å². The SMILES string of the molecule is CCCCCCCCCCCCc1ccc(C=O)c2ccccc12.CCCCCCCCCCCCc1ccc(C=O)c2ccccc12.OCC(O)C(O)C(O)C(O)CO. The highest BCUT2D eigenvalue weighted by molar-refractivity contribution is 6.00. The third-order valence-corrected chi connectivity index (χ3v) is 11.5. The van der Waals surface area contributed by atoms with Gasteiger partial charge in [-0.3, -0.25) is 9.59 Å². The summed E-state index contributed by atoms with van der Waals surface area (Å²) in [5, 5.41) is 56.9. The fraction of sp³-hybridized carbons (Fsp3) is 0.577. The summed E-state index contributed by atoms with van der Waals surface area (Å²) in [4.78, 5) is 22.4. The third-order valence-electron chi connectivity index (χ3n) is 11.5. The second-order valence-corrected chi connectivity index (χ2v) is 16.3. The topological polar surface area (TPSA) is 156 Å². The highest BCUT2D eigenvalue weighted by atomic mass is 16.4. The van der Waals surface area contributed by atoms with Crippen molar-refractivity contribution in [2.24, 2.45) is 0 Å². The molecule has 0 radical (unpaired) electrons. The smallest absolute Gasteiger partial charge is 0.150 e. The maximum atomic E-state index is 11.2. The lowest BCUT2D eigenvalue weighted by molar-refractivity contribution is -0.123. The van der Waals surface area contributed by atoms with E-state index in [0.717, 1.165) is 47.3 Å². The van der Waals surface area contributed by atoms with Crippen molar-refractivity contribution >= 4 is 34.1 Å². The van der Waals surface area contributed by atoms with E-state index in [0.29, 0.717) is 0 Å². The van der Waals surface area contributed by atoms with Crippen molar-refractivity contribution in [2.45, 2.75) is 180 Å². The average Bonchev–Trinajstić information content (AvgIpc) is 3.29. The fourth-order valence-corrected chi connectivity index (χ4v) is 7.69. The number of rotatable bonds is 29. The molecule has 4 atom stereocenters. The quantitative estimate of drug-likeness (QED) is 0.0233. The standard InChI is InChI=1S/2C23H32O.C6H14O6/c2*1-2-3-4-5-6-7-8-9-10-11-14-20-17-18-21(19-24)23-16-13-12-15-22(20)23;7-1-3(9)5(11)6(12)4(10)2-8/h2*12-13,15-19H,2-11,14H2,1H3;3-12H,1-2H2. The summed E-state index contributed by atoms with van der Waals surface area (Å²) >= 11 is 0. The van der Waals surface area contributed by atoms with E-state index in [9.17, 15) is 9.59 Å². The van der Waals surface area contributed by atoms with Gasteiger partial charge in [0.1, 0.15) is 24.4 Å². The first kappa shape index (κ1) is 52.6. The van der Waals surface area contributed by atoms with Crippen molar-refractivity contribution in [3.8, 4) is 0 Å². The average molecular weight is 831 g/mol. The van der Waals surface area contributed by atoms with Crippen LogP contribution in [0.3, 0.4) is 0 Å². The molecular formula is C52H78O8. The minimum Gasteiger partial charge on any atom is -0.394 e. The Kier molecular flexibility index (Phi) is 29.1. The largest absolute Gasteiger partial charge is 0.394 e. The van der Waals surface area contributed by atoms with E-state index in [1.54, 1.807) is 0 Å². The van der Waals surface area contributed by atoms with E-state index in [1.165, 1.54) is 150 Å². The number of aliphatic hydroxyl groups excluding tert-OH is 6. The Balaban J connectivity index is 0.000000329. The molecule has 0 saturated heterocycles. The molecule has 0 saturated carbocycles. The summed E-state index contributed by atoms with van der Waals surface area (Å²) in [5.74, 6) is 0. The van der Waals surface area contributed by atoms with Crippen LogP contribution in [0.5, 0.6) is 0 Å². The van der Waals surface area contributed by atoms with E-state index >= 15 is 0 Å². The highest BCUT2D eigenvalue weighted by Crippen LogP contribution is 2.25.